The van der Waals surface area contributed by atoms with E-state index in [0.717, 1.165) is 18.5 Å². The molecule has 0 aliphatic heterocycles. The zero-order chi connectivity index (χ0) is 17.6. The first-order valence-corrected chi connectivity index (χ1v) is 8.02. The van der Waals surface area contributed by atoms with E-state index in [0.29, 0.717) is 12.2 Å². The van der Waals surface area contributed by atoms with Gasteiger partial charge in [-0.1, -0.05) is 13.3 Å². The highest BCUT2D eigenvalue weighted by Crippen LogP contribution is 2.13. The first-order valence-electron chi connectivity index (χ1n) is 8.02. The molecule has 0 fully saturated rings. The van der Waals surface area contributed by atoms with Gasteiger partial charge in [0.1, 0.15) is 18.3 Å². The molecule has 3 aromatic rings. The third-order valence-electron chi connectivity index (χ3n) is 3.63. The van der Waals surface area contributed by atoms with Gasteiger partial charge in [0, 0.05) is 18.3 Å². The highest BCUT2D eigenvalue weighted by Gasteiger charge is 2.10. The van der Waals surface area contributed by atoms with Crippen molar-refractivity contribution in [2.45, 2.75) is 26.3 Å². The fourth-order valence-electron chi connectivity index (χ4n) is 2.27. The Kier molecular flexibility index (Phi) is 4.98. The van der Waals surface area contributed by atoms with Crippen molar-refractivity contribution in [3.05, 3.63) is 65.1 Å². The predicted molar refractivity (Wildman–Crippen MR) is 92.7 cm³/mol. The van der Waals surface area contributed by atoms with Crippen LogP contribution in [0, 0.1) is 0 Å². The maximum absolute atomic E-state index is 12.3. The van der Waals surface area contributed by atoms with E-state index in [1.165, 1.54) is 23.1 Å². The fraction of sp³-hybridized carbons (Fsp3) is 0.235. The summed E-state index contributed by atoms with van der Waals surface area (Å²) in [6.45, 7) is 2.54. The molecule has 1 N–H and O–H groups in total. The standard InChI is InChI=1S/C17H18N6O2/c1-2-3-10-22-16(24)9-8-15(21-22)17(25)20-13-4-6-14(7-5-13)23-12-18-11-19-23/h4-9,11-12H,2-3,10H2,1H3,(H,20,25). The molecule has 1 amide bonds. The summed E-state index contributed by atoms with van der Waals surface area (Å²) in [6, 6.07) is 9.97. The van der Waals surface area contributed by atoms with Crippen LogP contribution in [0.4, 0.5) is 5.69 Å². The van der Waals surface area contributed by atoms with Crippen molar-refractivity contribution in [2.24, 2.45) is 0 Å². The number of rotatable bonds is 6. The summed E-state index contributed by atoms with van der Waals surface area (Å²) in [7, 11) is 0. The van der Waals surface area contributed by atoms with Crippen molar-refractivity contribution in [2.75, 3.05) is 5.32 Å². The molecule has 3 rings (SSSR count). The Morgan fingerprint density at radius 1 is 1.16 bits per heavy atom. The molecule has 25 heavy (non-hydrogen) atoms. The number of anilines is 1. The summed E-state index contributed by atoms with van der Waals surface area (Å²) < 4.78 is 2.95. The number of hydrogen-bond donors (Lipinski definition) is 1. The third-order valence-corrected chi connectivity index (χ3v) is 3.63. The van der Waals surface area contributed by atoms with Crippen LogP contribution in [0.5, 0.6) is 0 Å². The Bertz CT molecular complexity index is 900. The van der Waals surface area contributed by atoms with Crippen LogP contribution in [0.1, 0.15) is 30.3 Å². The second-order valence-electron chi connectivity index (χ2n) is 5.47. The van der Waals surface area contributed by atoms with Gasteiger partial charge < -0.3 is 5.32 Å². The molecule has 0 radical (unpaired) electrons. The smallest absolute Gasteiger partial charge is 0.276 e. The quantitative estimate of drug-likeness (QED) is 0.740. The number of aryl methyl sites for hydroxylation is 1. The number of nitrogens with zero attached hydrogens (tertiary/aromatic N) is 5. The molecule has 0 aliphatic rings. The number of aromatic nitrogens is 5. The molecule has 0 saturated heterocycles. The summed E-state index contributed by atoms with van der Waals surface area (Å²) >= 11 is 0. The first kappa shape index (κ1) is 16.6. The highest BCUT2D eigenvalue weighted by molar-refractivity contribution is 6.02. The van der Waals surface area contributed by atoms with Crippen molar-refractivity contribution in [1.82, 2.24) is 24.5 Å². The Balaban J connectivity index is 1.72. The van der Waals surface area contributed by atoms with Gasteiger partial charge in [0.2, 0.25) is 0 Å². The average molecular weight is 338 g/mol. The SMILES string of the molecule is CCCCn1nc(C(=O)Nc2ccc(-n3cncn3)cc2)ccc1=O. The molecular formula is C17H18N6O2. The van der Waals surface area contributed by atoms with Gasteiger partial charge in [-0.05, 0) is 36.8 Å². The van der Waals surface area contributed by atoms with Gasteiger partial charge in [-0.15, -0.1) is 0 Å². The summed E-state index contributed by atoms with van der Waals surface area (Å²) in [5.41, 5.74) is 1.46. The van der Waals surface area contributed by atoms with Gasteiger partial charge in [-0.2, -0.15) is 10.2 Å². The number of carbonyl (C=O) groups excluding carboxylic acids is 1. The minimum Gasteiger partial charge on any atom is -0.321 e. The van der Waals surface area contributed by atoms with E-state index in [2.05, 4.69) is 20.5 Å². The Morgan fingerprint density at radius 3 is 2.64 bits per heavy atom. The molecule has 1 aromatic carbocycles. The normalized spacial score (nSPS) is 10.6. The minimum atomic E-state index is -0.362. The lowest BCUT2D eigenvalue weighted by atomic mass is 10.2. The molecule has 0 aliphatic carbocycles. The van der Waals surface area contributed by atoms with Gasteiger partial charge in [0.05, 0.1) is 5.69 Å². The topological polar surface area (TPSA) is 94.7 Å². The second-order valence-corrected chi connectivity index (χ2v) is 5.47. The molecule has 8 heteroatoms. The van der Waals surface area contributed by atoms with Crippen molar-refractivity contribution in [3.63, 3.8) is 0 Å². The number of unbranched alkanes of at least 4 members (excludes halogenated alkanes) is 1. The minimum absolute atomic E-state index is 0.205. The van der Waals surface area contributed by atoms with E-state index in [1.807, 2.05) is 19.1 Å². The number of nitrogens with one attached hydrogen (secondary N) is 1. The molecule has 0 unspecified atom stereocenters. The van der Waals surface area contributed by atoms with Crippen molar-refractivity contribution >= 4 is 11.6 Å². The number of carbonyl (C=O) groups is 1. The van der Waals surface area contributed by atoms with E-state index in [1.54, 1.807) is 23.1 Å². The fourth-order valence-corrected chi connectivity index (χ4v) is 2.27. The van der Waals surface area contributed by atoms with Crippen molar-refractivity contribution < 1.29 is 4.79 Å². The van der Waals surface area contributed by atoms with E-state index in [-0.39, 0.29) is 17.2 Å². The molecule has 0 saturated carbocycles. The van der Waals surface area contributed by atoms with E-state index >= 15 is 0 Å². The summed E-state index contributed by atoms with van der Waals surface area (Å²) in [6.07, 6.45) is 4.83. The van der Waals surface area contributed by atoms with Crippen LogP contribution >= 0.6 is 0 Å². The molecule has 2 heterocycles. The monoisotopic (exact) mass is 338 g/mol. The van der Waals surface area contributed by atoms with E-state index in [4.69, 9.17) is 0 Å². The van der Waals surface area contributed by atoms with Crippen molar-refractivity contribution in [3.8, 4) is 5.69 Å². The molecule has 0 atom stereocenters. The van der Waals surface area contributed by atoms with Crippen molar-refractivity contribution in [1.29, 1.82) is 0 Å². The summed E-state index contributed by atoms with van der Waals surface area (Å²) in [5.74, 6) is -0.362. The Labute approximate surface area is 144 Å². The molecule has 0 bridgehead atoms. The molecule has 8 nitrogen and oxygen atoms in total. The predicted octanol–water partition coefficient (Wildman–Crippen LogP) is 1.88. The van der Waals surface area contributed by atoms with Gasteiger partial charge in [-0.25, -0.2) is 14.3 Å². The number of hydrogen-bond acceptors (Lipinski definition) is 5. The van der Waals surface area contributed by atoms with Crippen LogP contribution in [0.2, 0.25) is 0 Å². The highest BCUT2D eigenvalue weighted by atomic mass is 16.2. The lowest BCUT2D eigenvalue weighted by Gasteiger charge is -2.08. The van der Waals surface area contributed by atoms with Crippen LogP contribution in [-0.2, 0) is 6.54 Å². The van der Waals surface area contributed by atoms with E-state index < -0.39 is 0 Å². The largest absolute Gasteiger partial charge is 0.321 e. The Morgan fingerprint density at radius 2 is 1.96 bits per heavy atom. The maximum Gasteiger partial charge on any atom is 0.276 e. The Hall–Kier alpha value is -3.29. The maximum atomic E-state index is 12.3. The van der Waals surface area contributed by atoms with Gasteiger partial charge in [0.15, 0.2) is 0 Å². The second kappa shape index (κ2) is 7.52. The molecule has 0 spiro atoms. The lowest BCUT2D eigenvalue weighted by molar-refractivity contribution is 0.101. The number of benzene rings is 1. The van der Waals surface area contributed by atoms with Crippen LogP contribution in [0.3, 0.4) is 0 Å². The first-order chi connectivity index (χ1) is 12.2. The zero-order valence-corrected chi connectivity index (χ0v) is 13.8. The summed E-state index contributed by atoms with van der Waals surface area (Å²) in [5, 5.41) is 10.9. The summed E-state index contributed by atoms with van der Waals surface area (Å²) in [4.78, 5) is 28.0. The van der Waals surface area contributed by atoms with Crippen LogP contribution < -0.4 is 10.9 Å². The van der Waals surface area contributed by atoms with Gasteiger partial charge in [-0.3, -0.25) is 9.59 Å². The van der Waals surface area contributed by atoms with Gasteiger partial charge >= 0.3 is 0 Å². The lowest BCUT2D eigenvalue weighted by Crippen LogP contribution is -2.26. The molecule has 128 valence electrons. The molecular weight excluding hydrogens is 320 g/mol. The van der Waals surface area contributed by atoms with Gasteiger partial charge in [0.25, 0.3) is 11.5 Å². The zero-order valence-electron chi connectivity index (χ0n) is 13.8. The average Bonchev–Trinajstić information content (AvgIpc) is 3.16. The van der Waals surface area contributed by atoms with Crippen LogP contribution in [0.15, 0.2) is 53.8 Å². The number of amides is 1. The van der Waals surface area contributed by atoms with E-state index in [9.17, 15) is 9.59 Å². The van der Waals surface area contributed by atoms with Crippen LogP contribution in [-0.4, -0.2) is 30.5 Å². The van der Waals surface area contributed by atoms with Crippen LogP contribution in [0.25, 0.3) is 5.69 Å². The third kappa shape index (κ3) is 3.97. The molecule has 2 aromatic heterocycles.